The van der Waals surface area contributed by atoms with Crippen LogP contribution < -0.4 is 16.0 Å². The van der Waals surface area contributed by atoms with Crippen molar-refractivity contribution in [3.05, 3.63) is 46.3 Å². The minimum atomic E-state index is -4.07. The van der Waals surface area contributed by atoms with Crippen molar-refractivity contribution in [1.82, 2.24) is 14.9 Å². The number of sulfonamides is 1. The molecule has 2 rings (SSSR count). The summed E-state index contributed by atoms with van der Waals surface area (Å²) >= 11 is 0. The van der Waals surface area contributed by atoms with Crippen molar-refractivity contribution >= 4 is 21.4 Å². The molecule has 10 nitrogen and oxygen atoms in total. The van der Waals surface area contributed by atoms with Crippen molar-refractivity contribution in [2.75, 3.05) is 5.43 Å². The van der Waals surface area contributed by atoms with Crippen LogP contribution in [0.4, 0.5) is 11.4 Å². The Kier molecular flexibility index (Phi) is 4.16. The van der Waals surface area contributed by atoms with E-state index in [1.165, 1.54) is 24.5 Å². The molecular weight excluding hydrogens is 300 g/mol. The van der Waals surface area contributed by atoms with E-state index in [2.05, 4.69) is 20.3 Å². The first-order valence-corrected chi connectivity index (χ1v) is 7.15. The molecule has 0 saturated carbocycles. The summed E-state index contributed by atoms with van der Waals surface area (Å²) in [5.74, 6) is 5.17. The number of nitrogens with one attached hydrogen (secondary N) is 3. The largest absolute Gasteiger partial charge is 0.318 e. The Bertz CT molecular complexity index is 743. The molecule has 0 radical (unpaired) electrons. The molecule has 1 heterocycles. The molecule has 1 aromatic carbocycles. The summed E-state index contributed by atoms with van der Waals surface area (Å²) in [6, 6.07) is 3.80. The van der Waals surface area contributed by atoms with Gasteiger partial charge in [-0.05, 0) is 12.1 Å². The predicted octanol–water partition coefficient (Wildman–Crippen LogP) is 0.0820. The lowest BCUT2D eigenvalue weighted by molar-refractivity contribution is -0.386. The molecule has 0 aliphatic heterocycles. The number of anilines is 1. The topological polar surface area (TPSA) is 156 Å². The molecule has 0 amide bonds. The number of hydrogen-bond donors (Lipinski definition) is 4. The van der Waals surface area contributed by atoms with E-state index in [-0.39, 0.29) is 12.2 Å². The first kappa shape index (κ1) is 14.9. The Labute approximate surface area is 119 Å². The summed E-state index contributed by atoms with van der Waals surface area (Å²) in [7, 11) is -4.07. The summed E-state index contributed by atoms with van der Waals surface area (Å²) in [6.45, 7) is -0.0454. The third-order valence-corrected chi connectivity index (χ3v) is 4.08. The molecule has 0 saturated heterocycles. The van der Waals surface area contributed by atoms with Gasteiger partial charge in [-0.2, -0.15) is 5.10 Å². The van der Waals surface area contributed by atoms with E-state index in [9.17, 15) is 18.5 Å². The maximum atomic E-state index is 12.2. The molecule has 1 aromatic heterocycles. The predicted molar refractivity (Wildman–Crippen MR) is 73.5 cm³/mol. The lowest BCUT2D eigenvalue weighted by Gasteiger charge is -2.09. The Morgan fingerprint density at radius 2 is 2.19 bits per heavy atom. The molecule has 112 valence electrons. The molecule has 0 spiro atoms. The van der Waals surface area contributed by atoms with E-state index >= 15 is 0 Å². The van der Waals surface area contributed by atoms with E-state index in [4.69, 9.17) is 5.84 Å². The third kappa shape index (κ3) is 3.16. The highest BCUT2D eigenvalue weighted by atomic mass is 32.2. The maximum absolute atomic E-state index is 12.2. The number of rotatable bonds is 6. The minimum absolute atomic E-state index is 0.0454. The molecule has 11 heteroatoms. The Hall–Kier alpha value is -2.50. The number of aromatic nitrogens is 2. The fraction of sp³-hybridized carbons (Fsp3) is 0.100. The van der Waals surface area contributed by atoms with E-state index in [1.807, 2.05) is 0 Å². The van der Waals surface area contributed by atoms with Gasteiger partial charge in [0.25, 0.3) is 0 Å². The number of nitro groups is 1. The Morgan fingerprint density at radius 3 is 2.76 bits per heavy atom. The number of aromatic amines is 1. The summed E-state index contributed by atoms with van der Waals surface area (Å²) in [5, 5.41) is 17.3. The summed E-state index contributed by atoms with van der Waals surface area (Å²) in [5.41, 5.74) is 2.00. The van der Waals surface area contributed by atoms with Crippen molar-refractivity contribution in [3.63, 3.8) is 0 Å². The van der Waals surface area contributed by atoms with Crippen LogP contribution in [-0.4, -0.2) is 23.5 Å². The summed E-state index contributed by atoms with van der Waals surface area (Å²) in [6.07, 6.45) is 2.95. The second kappa shape index (κ2) is 5.87. The van der Waals surface area contributed by atoms with E-state index in [0.717, 1.165) is 6.07 Å². The molecular formula is C10H12N6O4S. The average Bonchev–Trinajstić information content (AvgIpc) is 2.97. The van der Waals surface area contributed by atoms with Crippen LogP contribution in [0, 0.1) is 10.1 Å². The van der Waals surface area contributed by atoms with Crippen molar-refractivity contribution in [3.8, 4) is 0 Å². The van der Waals surface area contributed by atoms with Crippen LogP contribution in [0.25, 0.3) is 0 Å². The monoisotopic (exact) mass is 312 g/mol. The first-order valence-electron chi connectivity index (χ1n) is 5.67. The molecule has 5 N–H and O–H groups in total. The SMILES string of the molecule is NNc1cccc(S(=O)(=O)NCc2cn[nH]c2)c1[N+](=O)[O-]. The Balaban J connectivity index is 2.37. The van der Waals surface area contributed by atoms with Crippen LogP contribution in [-0.2, 0) is 16.6 Å². The highest BCUT2D eigenvalue weighted by Crippen LogP contribution is 2.31. The van der Waals surface area contributed by atoms with Gasteiger partial charge < -0.3 is 5.43 Å². The quantitative estimate of drug-likeness (QED) is 0.334. The number of nitrogens with zero attached hydrogens (tertiary/aromatic N) is 2. The highest BCUT2D eigenvalue weighted by molar-refractivity contribution is 7.89. The molecule has 0 atom stereocenters. The Morgan fingerprint density at radius 1 is 1.43 bits per heavy atom. The van der Waals surface area contributed by atoms with Crippen LogP contribution in [0.3, 0.4) is 0 Å². The van der Waals surface area contributed by atoms with Crippen molar-refractivity contribution in [2.45, 2.75) is 11.4 Å². The van der Waals surface area contributed by atoms with E-state index < -0.39 is 25.5 Å². The normalized spacial score (nSPS) is 11.3. The van der Waals surface area contributed by atoms with Crippen LogP contribution in [0.1, 0.15) is 5.56 Å². The number of hydrazine groups is 1. The first-order chi connectivity index (χ1) is 9.95. The van der Waals surface area contributed by atoms with Gasteiger partial charge in [-0.15, -0.1) is 0 Å². The smallest absolute Gasteiger partial charge is 0.313 e. The zero-order chi connectivity index (χ0) is 15.5. The van der Waals surface area contributed by atoms with Crippen LogP contribution in [0.5, 0.6) is 0 Å². The van der Waals surface area contributed by atoms with Crippen molar-refractivity contribution in [1.29, 1.82) is 0 Å². The van der Waals surface area contributed by atoms with Gasteiger partial charge in [-0.3, -0.25) is 21.1 Å². The van der Waals surface area contributed by atoms with E-state index in [0.29, 0.717) is 5.56 Å². The number of nitrogen functional groups attached to an aromatic ring is 1. The summed E-state index contributed by atoms with van der Waals surface area (Å²) < 4.78 is 26.7. The average molecular weight is 312 g/mol. The molecule has 0 fully saturated rings. The minimum Gasteiger partial charge on any atom is -0.318 e. The van der Waals surface area contributed by atoms with Gasteiger partial charge >= 0.3 is 5.69 Å². The number of H-pyrrole nitrogens is 1. The number of para-hydroxylation sites is 1. The van der Waals surface area contributed by atoms with Gasteiger partial charge in [-0.25, -0.2) is 13.1 Å². The molecule has 0 aliphatic carbocycles. The van der Waals surface area contributed by atoms with Crippen molar-refractivity contribution in [2.24, 2.45) is 5.84 Å². The standard InChI is InChI=1S/C10H12N6O4S/c11-15-8-2-1-3-9(10(8)16(17)18)21(19,20)14-6-7-4-12-13-5-7/h1-5,14-15H,6,11H2,(H,12,13). The van der Waals surface area contributed by atoms with Gasteiger partial charge in [0.2, 0.25) is 10.0 Å². The summed E-state index contributed by atoms with van der Waals surface area (Å²) in [4.78, 5) is 9.81. The molecule has 0 bridgehead atoms. The molecule has 2 aromatic rings. The second-order valence-electron chi connectivity index (χ2n) is 3.98. The lowest BCUT2D eigenvalue weighted by atomic mass is 10.3. The van der Waals surface area contributed by atoms with Crippen LogP contribution >= 0.6 is 0 Å². The van der Waals surface area contributed by atoms with Gasteiger partial charge in [-0.1, -0.05) is 6.07 Å². The molecule has 0 unspecified atom stereocenters. The van der Waals surface area contributed by atoms with Crippen LogP contribution in [0.2, 0.25) is 0 Å². The molecule has 0 aliphatic rings. The zero-order valence-electron chi connectivity index (χ0n) is 10.6. The zero-order valence-corrected chi connectivity index (χ0v) is 11.4. The van der Waals surface area contributed by atoms with Gasteiger partial charge in [0.1, 0.15) is 5.69 Å². The second-order valence-corrected chi connectivity index (χ2v) is 5.72. The number of nitro benzene ring substituents is 1. The van der Waals surface area contributed by atoms with Crippen molar-refractivity contribution < 1.29 is 13.3 Å². The number of nitrogens with two attached hydrogens (primary N) is 1. The van der Waals surface area contributed by atoms with Gasteiger partial charge in [0.15, 0.2) is 4.90 Å². The van der Waals surface area contributed by atoms with Gasteiger partial charge in [0, 0.05) is 18.3 Å². The number of benzene rings is 1. The maximum Gasteiger partial charge on any atom is 0.313 e. The van der Waals surface area contributed by atoms with Crippen LogP contribution in [0.15, 0.2) is 35.5 Å². The van der Waals surface area contributed by atoms with Gasteiger partial charge in [0.05, 0.1) is 11.1 Å². The number of hydrogen-bond acceptors (Lipinski definition) is 7. The van der Waals surface area contributed by atoms with E-state index in [1.54, 1.807) is 0 Å². The lowest BCUT2D eigenvalue weighted by Crippen LogP contribution is -2.24. The highest BCUT2D eigenvalue weighted by Gasteiger charge is 2.28. The fourth-order valence-electron chi connectivity index (χ4n) is 1.67. The molecule has 21 heavy (non-hydrogen) atoms. The third-order valence-electron chi connectivity index (χ3n) is 2.65. The fourth-order valence-corrected chi connectivity index (χ4v) is 2.88.